The standard InChI is InChI=1S/C20H21NO5/c1-12-6-4-7-13(2)16(12)11-17(19(23)24)21-18(22)14-8-5-9-15(10-14)20(25)26-3/h4-10,17H,11H2,1-3H3,(H,21,22)(H,23,24)/t17-/m1/s1. The number of carbonyl (C=O) groups excluding carboxylic acids is 2. The number of rotatable bonds is 6. The van der Waals surface area contributed by atoms with E-state index in [0.717, 1.165) is 16.7 Å². The SMILES string of the molecule is COC(=O)c1cccc(C(=O)N[C@H](Cc2c(C)cccc2C)C(=O)O)c1. The first-order valence-electron chi connectivity index (χ1n) is 8.10. The Kier molecular flexibility index (Phi) is 6.11. The lowest BCUT2D eigenvalue weighted by molar-refractivity contribution is -0.139. The first-order chi connectivity index (χ1) is 12.3. The minimum Gasteiger partial charge on any atom is -0.480 e. The van der Waals surface area contributed by atoms with Crippen LogP contribution >= 0.6 is 0 Å². The molecule has 0 aliphatic rings. The fraction of sp³-hybridized carbons (Fsp3) is 0.250. The van der Waals surface area contributed by atoms with Crippen LogP contribution in [0, 0.1) is 13.8 Å². The van der Waals surface area contributed by atoms with Crippen molar-refractivity contribution in [3.05, 3.63) is 70.3 Å². The third-order valence-electron chi connectivity index (χ3n) is 4.20. The molecule has 0 bridgehead atoms. The van der Waals surface area contributed by atoms with Gasteiger partial charge in [-0.15, -0.1) is 0 Å². The molecule has 1 amide bonds. The summed E-state index contributed by atoms with van der Waals surface area (Å²) in [5.74, 6) is -2.25. The fourth-order valence-corrected chi connectivity index (χ4v) is 2.72. The number of carboxylic acid groups (broad SMARTS) is 1. The van der Waals surface area contributed by atoms with Gasteiger partial charge in [-0.1, -0.05) is 24.3 Å². The fourth-order valence-electron chi connectivity index (χ4n) is 2.72. The number of esters is 1. The molecule has 0 aromatic heterocycles. The van der Waals surface area contributed by atoms with Crippen molar-refractivity contribution in [2.24, 2.45) is 0 Å². The van der Waals surface area contributed by atoms with Gasteiger partial charge in [0.2, 0.25) is 0 Å². The molecule has 26 heavy (non-hydrogen) atoms. The lowest BCUT2D eigenvalue weighted by Gasteiger charge is -2.17. The smallest absolute Gasteiger partial charge is 0.337 e. The topological polar surface area (TPSA) is 92.7 Å². The van der Waals surface area contributed by atoms with E-state index >= 15 is 0 Å². The molecule has 0 fully saturated rings. The van der Waals surface area contributed by atoms with Crippen LogP contribution in [0.1, 0.15) is 37.4 Å². The zero-order valence-corrected chi connectivity index (χ0v) is 14.9. The number of carboxylic acids is 1. The molecule has 0 radical (unpaired) electrons. The highest BCUT2D eigenvalue weighted by Crippen LogP contribution is 2.16. The van der Waals surface area contributed by atoms with E-state index in [0.29, 0.717) is 0 Å². The summed E-state index contributed by atoms with van der Waals surface area (Å²) >= 11 is 0. The highest BCUT2D eigenvalue weighted by Gasteiger charge is 2.23. The zero-order valence-electron chi connectivity index (χ0n) is 14.9. The molecule has 0 saturated carbocycles. The normalized spacial score (nSPS) is 11.5. The van der Waals surface area contributed by atoms with Crippen molar-refractivity contribution in [1.29, 1.82) is 0 Å². The number of nitrogens with one attached hydrogen (secondary N) is 1. The van der Waals surface area contributed by atoms with Gasteiger partial charge in [-0.3, -0.25) is 4.79 Å². The summed E-state index contributed by atoms with van der Waals surface area (Å²) in [5.41, 5.74) is 3.25. The molecule has 0 aliphatic heterocycles. The molecule has 1 atom stereocenters. The molecule has 0 aliphatic carbocycles. The summed E-state index contributed by atoms with van der Waals surface area (Å²) < 4.78 is 4.63. The molecule has 2 aromatic carbocycles. The first-order valence-corrected chi connectivity index (χ1v) is 8.10. The predicted molar refractivity (Wildman–Crippen MR) is 96.3 cm³/mol. The highest BCUT2D eigenvalue weighted by molar-refractivity contribution is 5.99. The van der Waals surface area contributed by atoms with E-state index in [-0.39, 0.29) is 17.5 Å². The summed E-state index contributed by atoms with van der Waals surface area (Å²) in [6.45, 7) is 3.81. The van der Waals surface area contributed by atoms with Crippen molar-refractivity contribution in [2.75, 3.05) is 7.11 Å². The van der Waals surface area contributed by atoms with Crippen LogP contribution in [-0.4, -0.2) is 36.1 Å². The number of amides is 1. The van der Waals surface area contributed by atoms with Gasteiger partial charge in [0.25, 0.3) is 5.91 Å². The van der Waals surface area contributed by atoms with Gasteiger partial charge >= 0.3 is 11.9 Å². The van der Waals surface area contributed by atoms with E-state index in [1.54, 1.807) is 6.07 Å². The molecule has 0 saturated heterocycles. The predicted octanol–water partition coefficient (Wildman–Crippen LogP) is 2.52. The second kappa shape index (κ2) is 8.29. The molecule has 2 N–H and O–H groups in total. The van der Waals surface area contributed by atoms with Gasteiger partial charge in [0.1, 0.15) is 6.04 Å². The number of ether oxygens (including phenoxy) is 1. The lowest BCUT2D eigenvalue weighted by Crippen LogP contribution is -2.42. The summed E-state index contributed by atoms with van der Waals surface area (Å²) in [7, 11) is 1.25. The molecular weight excluding hydrogens is 334 g/mol. The summed E-state index contributed by atoms with van der Waals surface area (Å²) in [4.78, 5) is 35.7. The van der Waals surface area contributed by atoms with Gasteiger partial charge in [0.05, 0.1) is 12.7 Å². The number of hydrogen-bond acceptors (Lipinski definition) is 4. The summed E-state index contributed by atoms with van der Waals surface area (Å²) in [6, 6.07) is 10.6. The number of carbonyl (C=O) groups is 3. The zero-order chi connectivity index (χ0) is 19.3. The second-order valence-corrected chi connectivity index (χ2v) is 6.01. The monoisotopic (exact) mass is 355 g/mol. The highest BCUT2D eigenvalue weighted by atomic mass is 16.5. The van der Waals surface area contributed by atoms with Crippen molar-refractivity contribution >= 4 is 17.8 Å². The third-order valence-corrected chi connectivity index (χ3v) is 4.20. The van der Waals surface area contributed by atoms with Crippen LogP contribution in [0.2, 0.25) is 0 Å². The number of benzene rings is 2. The van der Waals surface area contributed by atoms with Crippen LogP contribution < -0.4 is 5.32 Å². The number of methoxy groups -OCH3 is 1. The maximum atomic E-state index is 12.5. The Morgan fingerprint density at radius 2 is 1.62 bits per heavy atom. The maximum absolute atomic E-state index is 12.5. The molecule has 136 valence electrons. The molecule has 6 nitrogen and oxygen atoms in total. The van der Waals surface area contributed by atoms with Crippen LogP contribution in [0.4, 0.5) is 0 Å². The van der Waals surface area contributed by atoms with Crippen LogP contribution in [-0.2, 0) is 16.0 Å². The second-order valence-electron chi connectivity index (χ2n) is 6.01. The Balaban J connectivity index is 2.21. The Morgan fingerprint density at radius 1 is 1.04 bits per heavy atom. The van der Waals surface area contributed by atoms with E-state index in [1.807, 2.05) is 32.0 Å². The van der Waals surface area contributed by atoms with E-state index < -0.39 is 23.9 Å². The van der Waals surface area contributed by atoms with Gasteiger partial charge < -0.3 is 15.2 Å². The van der Waals surface area contributed by atoms with E-state index in [2.05, 4.69) is 10.1 Å². The van der Waals surface area contributed by atoms with Gasteiger partial charge in [-0.25, -0.2) is 9.59 Å². The molecule has 0 unspecified atom stereocenters. The Labute approximate surface area is 151 Å². The van der Waals surface area contributed by atoms with Crippen molar-refractivity contribution in [3.63, 3.8) is 0 Å². The maximum Gasteiger partial charge on any atom is 0.337 e. The third kappa shape index (κ3) is 4.47. The first kappa shape index (κ1) is 19.2. The molecule has 6 heteroatoms. The van der Waals surface area contributed by atoms with E-state index in [9.17, 15) is 19.5 Å². The van der Waals surface area contributed by atoms with Crippen molar-refractivity contribution < 1.29 is 24.2 Å². The summed E-state index contributed by atoms with van der Waals surface area (Å²) in [6.07, 6.45) is 0.177. The quantitative estimate of drug-likeness (QED) is 0.777. The van der Waals surface area contributed by atoms with E-state index in [4.69, 9.17) is 0 Å². The molecular formula is C20H21NO5. The molecule has 2 rings (SSSR count). The summed E-state index contributed by atoms with van der Waals surface area (Å²) in [5, 5.41) is 12.0. The number of hydrogen-bond donors (Lipinski definition) is 2. The van der Waals surface area contributed by atoms with Crippen LogP contribution in [0.25, 0.3) is 0 Å². The van der Waals surface area contributed by atoms with Gasteiger partial charge in [0, 0.05) is 12.0 Å². The van der Waals surface area contributed by atoms with Crippen LogP contribution in [0.15, 0.2) is 42.5 Å². The Morgan fingerprint density at radius 3 is 2.19 bits per heavy atom. The molecule has 0 spiro atoms. The average molecular weight is 355 g/mol. The van der Waals surface area contributed by atoms with E-state index in [1.165, 1.54) is 25.3 Å². The van der Waals surface area contributed by atoms with Gasteiger partial charge in [-0.2, -0.15) is 0 Å². The molecule has 2 aromatic rings. The van der Waals surface area contributed by atoms with Crippen LogP contribution in [0.3, 0.4) is 0 Å². The van der Waals surface area contributed by atoms with Crippen molar-refractivity contribution in [2.45, 2.75) is 26.3 Å². The number of aryl methyl sites for hydroxylation is 2. The molecule has 0 heterocycles. The Bertz CT molecular complexity index is 824. The largest absolute Gasteiger partial charge is 0.480 e. The Hall–Kier alpha value is -3.15. The van der Waals surface area contributed by atoms with Crippen molar-refractivity contribution in [1.82, 2.24) is 5.32 Å². The van der Waals surface area contributed by atoms with Gasteiger partial charge in [0.15, 0.2) is 0 Å². The minimum absolute atomic E-state index is 0.177. The average Bonchev–Trinajstić information content (AvgIpc) is 2.62. The minimum atomic E-state index is -1.12. The van der Waals surface area contributed by atoms with Gasteiger partial charge in [-0.05, 0) is 48.7 Å². The van der Waals surface area contributed by atoms with Crippen molar-refractivity contribution in [3.8, 4) is 0 Å². The lowest BCUT2D eigenvalue weighted by atomic mass is 9.96. The number of aliphatic carboxylic acids is 1. The van der Waals surface area contributed by atoms with Crippen LogP contribution in [0.5, 0.6) is 0 Å².